The molecule has 2 heterocycles. The third-order valence-corrected chi connectivity index (χ3v) is 12.4. The van der Waals surface area contributed by atoms with Crippen LogP contribution in [0.2, 0.25) is 0 Å². The molecular weight excluding hydrogens is 360 g/mol. The topological polar surface area (TPSA) is 26.3 Å². The molecule has 0 aromatic rings. The predicted octanol–water partition coefficient (Wildman–Crippen LogP) is -6.31. The van der Waals surface area contributed by atoms with Crippen LogP contribution in [0.4, 0.5) is 0 Å². The van der Waals surface area contributed by atoms with E-state index in [1.165, 1.54) is 8.86 Å². The Bertz CT molecular complexity index is 167. The number of rotatable bonds is 0. The second-order valence-corrected chi connectivity index (χ2v) is 10.6. The van der Waals surface area contributed by atoms with Gasteiger partial charge in [-0.15, -0.1) is 0 Å². The van der Waals surface area contributed by atoms with Crippen molar-refractivity contribution in [2.75, 3.05) is 15.4 Å². The third kappa shape index (κ3) is 1.27. The molecule has 1 spiro atoms. The normalized spacial score (nSPS) is 31.0. The molecule has 0 aliphatic carbocycles. The van der Waals surface area contributed by atoms with Crippen LogP contribution in [-0.2, 0) is 9.63 Å². The first-order valence-corrected chi connectivity index (χ1v) is 8.11. The number of quaternary nitrogens is 1. The molecule has 2 saturated heterocycles. The number of nitrogens with zero attached hydrogens (tertiary/aromatic N) is 1. The zero-order valence-corrected chi connectivity index (χ0v) is 9.66. The Kier molecular flexibility index (Phi) is 2.06. The molecule has 0 unspecified atom stereocenters. The first-order chi connectivity index (χ1) is 4.81. The summed E-state index contributed by atoms with van der Waals surface area (Å²) < 4.78 is 3.61. The number of hydrogen-bond donors (Lipinski definition) is 0. The number of carbonyl (C=O) groups excluding carboxylic acids is 1. The molecule has 0 amide bonds. The van der Waals surface area contributed by atoms with Crippen molar-refractivity contribution in [2.24, 2.45) is 0 Å². The molecule has 2 rings (SSSR count). The van der Waals surface area contributed by atoms with E-state index in [0.717, 1.165) is 7.62 Å². The number of halogens is 2. The Morgan fingerprint density at radius 1 is 1.40 bits per heavy atom. The van der Waals surface area contributed by atoms with Crippen molar-refractivity contribution in [3.8, 4) is 0 Å². The Balaban J connectivity index is 2.09. The van der Waals surface area contributed by atoms with Crippen molar-refractivity contribution < 1.29 is 53.7 Å². The average Bonchev–Trinajstić information content (AvgIpc) is 2.46. The van der Waals surface area contributed by atoms with Crippen molar-refractivity contribution in [3.63, 3.8) is 0 Å². The van der Waals surface area contributed by atoms with Crippen LogP contribution in [-0.4, -0.2) is 22.4 Å². The zero-order valence-electron chi connectivity index (χ0n) is 5.35. The summed E-state index contributed by atoms with van der Waals surface area (Å²) in [5.41, 5.74) is 0. The monoisotopic (exact) mass is 368 g/mol. The number of carbonyl (C=O) groups is 1. The number of hydrogen-bond acceptors (Lipinski definition) is 2. The van der Waals surface area contributed by atoms with Crippen LogP contribution in [0.3, 0.4) is 0 Å². The van der Waals surface area contributed by atoms with Gasteiger partial charge in [-0.1, -0.05) is 0 Å². The van der Waals surface area contributed by atoms with Crippen LogP contribution in [0.25, 0.3) is 0 Å². The van der Waals surface area contributed by atoms with Gasteiger partial charge in [-0.25, -0.2) is 0 Å². The minimum absolute atomic E-state index is 0.0429. The Morgan fingerprint density at radius 2 is 2.10 bits per heavy atom. The fraction of sp³-hybridized carbons (Fsp3) is 0.800. The Morgan fingerprint density at radius 3 is 2.60 bits per heavy atom. The van der Waals surface area contributed by atoms with Gasteiger partial charge in [-0.2, -0.15) is 0 Å². The zero-order chi connectivity index (χ0) is 7.03. The average molecular weight is 368 g/mol. The SMILES string of the molecule is O=C1CC[N+]2(O1)[I-]CC[I-]2. The second-order valence-electron chi connectivity index (χ2n) is 2.12. The van der Waals surface area contributed by atoms with Gasteiger partial charge in [0.1, 0.15) is 0 Å². The number of hydroxylamine groups is 1. The fourth-order valence-electron chi connectivity index (χ4n) is 0.978. The second kappa shape index (κ2) is 2.74. The summed E-state index contributed by atoms with van der Waals surface area (Å²) in [6.45, 7) is 1.01. The molecule has 2 aliphatic rings. The number of alkyl halides is 2. The summed E-state index contributed by atoms with van der Waals surface area (Å²) in [5, 5.41) is 0. The summed E-state index contributed by atoms with van der Waals surface area (Å²) >= 11 is 0.336. The maximum absolute atomic E-state index is 10.8. The quantitative estimate of drug-likeness (QED) is 0.242. The molecule has 2 aliphatic heterocycles. The summed E-state index contributed by atoms with van der Waals surface area (Å²) in [4.78, 5) is 16.1. The van der Waals surface area contributed by atoms with Crippen LogP contribution in [0.1, 0.15) is 6.42 Å². The van der Waals surface area contributed by atoms with Crippen LogP contribution in [0.15, 0.2) is 0 Å². The Hall–Kier alpha value is 0.890. The van der Waals surface area contributed by atoms with Gasteiger partial charge in [0.2, 0.25) is 0 Å². The van der Waals surface area contributed by atoms with Crippen molar-refractivity contribution in [2.45, 2.75) is 6.42 Å². The molecule has 3 nitrogen and oxygen atoms in total. The van der Waals surface area contributed by atoms with E-state index in [4.69, 9.17) is 4.84 Å². The van der Waals surface area contributed by atoms with Crippen molar-refractivity contribution in [1.82, 2.24) is 0 Å². The van der Waals surface area contributed by atoms with E-state index in [0.29, 0.717) is 6.42 Å². The van der Waals surface area contributed by atoms with Gasteiger partial charge < -0.3 is 0 Å². The maximum atomic E-state index is 10.8. The van der Waals surface area contributed by atoms with E-state index in [2.05, 4.69) is 0 Å². The standard InChI is InChI=1S/C5H8I2NO2/c9-5-1-4-8(10-5)6-2-3-7-8/h1-4H2/q-1. The fourth-order valence-corrected chi connectivity index (χ4v) is 11.0. The molecule has 0 bridgehead atoms. The van der Waals surface area contributed by atoms with E-state index in [9.17, 15) is 4.79 Å². The van der Waals surface area contributed by atoms with E-state index in [-0.39, 0.29) is 48.9 Å². The summed E-state index contributed by atoms with van der Waals surface area (Å²) in [6.07, 6.45) is 0.680. The summed E-state index contributed by atoms with van der Waals surface area (Å²) in [6, 6.07) is 0. The van der Waals surface area contributed by atoms with Crippen molar-refractivity contribution in [3.05, 3.63) is 0 Å². The van der Waals surface area contributed by atoms with E-state index in [1.807, 2.05) is 0 Å². The van der Waals surface area contributed by atoms with Gasteiger partial charge in [0, 0.05) is 0 Å². The van der Waals surface area contributed by atoms with Crippen molar-refractivity contribution in [1.29, 1.82) is 0 Å². The minimum atomic E-state index is 0.0429. The van der Waals surface area contributed by atoms with Gasteiger partial charge >= 0.3 is 81.5 Å². The first kappa shape index (κ1) is 7.53. The molecule has 0 saturated carbocycles. The van der Waals surface area contributed by atoms with Crippen LogP contribution >= 0.6 is 0 Å². The van der Waals surface area contributed by atoms with Gasteiger partial charge in [0.15, 0.2) is 0 Å². The van der Waals surface area contributed by atoms with E-state index < -0.39 is 0 Å². The molecule has 2 fully saturated rings. The van der Waals surface area contributed by atoms with Crippen molar-refractivity contribution >= 4 is 5.97 Å². The van der Waals surface area contributed by atoms with Gasteiger partial charge in [0.25, 0.3) is 0 Å². The molecule has 0 radical (unpaired) electrons. The molecule has 10 heavy (non-hydrogen) atoms. The van der Waals surface area contributed by atoms with Crippen LogP contribution in [0, 0.1) is 0 Å². The van der Waals surface area contributed by atoms with Gasteiger partial charge in [-0.3, -0.25) is 0 Å². The Labute approximate surface area is 80.9 Å². The molecular formula is C5H8I2NO2-. The van der Waals surface area contributed by atoms with E-state index >= 15 is 0 Å². The molecule has 0 atom stereocenters. The molecule has 5 heteroatoms. The van der Waals surface area contributed by atoms with Gasteiger partial charge in [-0.05, 0) is 0 Å². The van der Waals surface area contributed by atoms with Gasteiger partial charge in [0.05, 0.1) is 0 Å². The molecule has 0 N–H and O–H groups in total. The predicted molar refractivity (Wildman–Crippen MR) is 25.6 cm³/mol. The molecule has 60 valence electrons. The molecule has 0 aromatic carbocycles. The molecule has 0 aromatic heterocycles. The van der Waals surface area contributed by atoms with E-state index in [1.54, 1.807) is 0 Å². The summed E-state index contributed by atoms with van der Waals surface area (Å²) in [7, 11) is 0. The van der Waals surface area contributed by atoms with Crippen LogP contribution < -0.4 is 43.0 Å². The third-order valence-electron chi connectivity index (χ3n) is 1.41. The van der Waals surface area contributed by atoms with Crippen LogP contribution in [0.5, 0.6) is 0 Å². The first-order valence-electron chi connectivity index (χ1n) is 3.13. The summed E-state index contributed by atoms with van der Waals surface area (Å²) in [5.74, 6) is 0.0429.